The number of H-pyrrole nitrogens is 1. The fraction of sp³-hybridized carbons (Fsp3) is 0.560. The third-order valence-corrected chi connectivity index (χ3v) is 7.59. The number of rotatable bonds is 5. The fourth-order valence-electron chi connectivity index (χ4n) is 6.15. The van der Waals surface area contributed by atoms with Crippen LogP contribution in [0.5, 0.6) is 0 Å². The second-order valence-corrected chi connectivity index (χ2v) is 9.53. The normalized spacial score (nSPS) is 28.2. The van der Waals surface area contributed by atoms with Crippen molar-refractivity contribution in [3.63, 3.8) is 0 Å². The molecule has 0 spiro atoms. The van der Waals surface area contributed by atoms with Gasteiger partial charge in [-0.25, -0.2) is 5.10 Å². The summed E-state index contributed by atoms with van der Waals surface area (Å²) in [4.78, 5) is 29.2. The minimum atomic E-state index is -0.208. The molecule has 0 aliphatic carbocycles. The molecule has 164 valence electrons. The Hall–Kier alpha value is -2.47. The number of carbonyl (C=O) groups excluding carboxylic acids is 1. The van der Waals surface area contributed by atoms with Crippen molar-refractivity contribution < 1.29 is 4.79 Å². The maximum absolute atomic E-state index is 13.1. The number of fused-ring (bicyclic) bond motifs is 4. The molecule has 1 aromatic heterocycles. The Bertz CT molecular complexity index is 939. The number of hydrogen-bond acceptors (Lipinski definition) is 4. The van der Waals surface area contributed by atoms with Crippen molar-refractivity contribution in [2.75, 3.05) is 19.6 Å². The van der Waals surface area contributed by atoms with Gasteiger partial charge in [0.1, 0.15) is 0 Å². The van der Waals surface area contributed by atoms with E-state index in [1.54, 1.807) is 6.07 Å². The third kappa shape index (κ3) is 4.45. The number of benzene rings is 1. The van der Waals surface area contributed by atoms with E-state index < -0.39 is 0 Å². The molecule has 31 heavy (non-hydrogen) atoms. The second-order valence-electron chi connectivity index (χ2n) is 9.53. The highest BCUT2D eigenvalue weighted by Crippen LogP contribution is 2.42. The van der Waals surface area contributed by atoms with Crippen molar-refractivity contribution in [3.8, 4) is 0 Å². The molecule has 1 amide bonds. The van der Waals surface area contributed by atoms with Gasteiger partial charge in [0.25, 0.3) is 5.56 Å². The number of nitrogens with zero attached hydrogens (tertiary/aromatic N) is 3. The van der Waals surface area contributed by atoms with Gasteiger partial charge in [-0.2, -0.15) is 5.10 Å². The predicted octanol–water partition coefficient (Wildman–Crippen LogP) is 2.65. The lowest BCUT2D eigenvalue weighted by Gasteiger charge is -2.57. The molecule has 1 N–H and O–H groups in total. The smallest absolute Gasteiger partial charge is 0.264 e. The van der Waals surface area contributed by atoms with E-state index in [1.807, 2.05) is 0 Å². The molecule has 0 radical (unpaired) electrons. The van der Waals surface area contributed by atoms with Crippen LogP contribution >= 0.6 is 0 Å². The third-order valence-electron chi connectivity index (χ3n) is 7.59. The first-order valence-electron chi connectivity index (χ1n) is 11.8. The standard InChI is InChI=1S/C25H32N4O2/c30-24-11-9-21(26-27-24)10-12-25(31)28-16-19-15-20(17-28)23(14-18-6-2-1-3-7-18)29-13-5-4-8-22(19)29/h1-3,6-7,9,11,19-20,22-23H,4-5,8,10,12-17H2,(H,27,30)/t19-,20+,22+,23+/m1/s1. The Morgan fingerprint density at radius 1 is 1.06 bits per heavy atom. The van der Waals surface area contributed by atoms with E-state index in [-0.39, 0.29) is 11.5 Å². The molecular weight excluding hydrogens is 388 g/mol. The SMILES string of the molecule is O=C(CCc1ccc(=O)[nH]n1)N1C[C@H]2C[C@@H](C1)[C@H](Cc1ccccc1)N1CCCC[C@@H]21. The summed E-state index contributed by atoms with van der Waals surface area (Å²) in [6.07, 6.45) is 7.25. The summed E-state index contributed by atoms with van der Waals surface area (Å²) >= 11 is 0. The Balaban J connectivity index is 1.29. The summed E-state index contributed by atoms with van der Waals surface area (Å²) in [7, 11) is 0. The fourth-order valence-corrected chi connectivity index (χ4v) is 6.15. The molecule has 4 heterocycles. The van der Waals surface area contributed by atoms with Crippen LogP contribution in [0.25, 0.3) is 0 Å². The highest BCUT2D eigenvalue weighted by molar-refractivity contribution is 5.76. The van der Waals surface area contributed by atoms with E-state index in [0.29, 0.717) is 36.8 Å². The summed E-state index contributed by atoms with van der Waals surface area (Å²) in [6, 6.07) is 15.2. The zero-order valence-electron chi connectivity index (χ0n) is 18.1. The monoisotopic (exact) mass is 420 g/mol. The zero-order chi connectivity index (χ0) is 21.2. The number of aryl methyl sites for hydroxylation is 1. The van der Waals surface area contributed by atoms with Crippen molar-refractivity contribution in [1.29, 1.82) is 0 Å². The van der Waals surface area contributed by atoms with Gasteiger partial charge in [0.15, 0.2) is 0 Å². The highest BCUT2D eigenvalue weighted by atomic mass is 16.2. The number of hydrogen-bond donors (Lipinski definition) is 1. The second kappa shape index (κ2) is 8.95. The minimum absolute atomic E-state index is 0.208. The summed E-state index contributed by atoms with van der Waals surface area (Å²) in [5.74, 6) is 1.37. The lowest BCUT2D eigenvalue weighted by atomic mass is 9.71. The van der Waals surface area contributed by atoms with E-state index in [1.165, 1.54) is 43.9 Å². The molecule has 1 aromatic carbocycles. The summed E-state index contributed by atoms with van der Waals surface area (Å²) in [5, 5.41) is 6.51. The van der Waals surface area contributed by atoms with Crippen LogP contribution in [0.2, 0.25) is 0 Å². The molecule has 3 fully saturated rings. The van der Waals surface area contributed by atoms with Crippen LogP contribution in [0.3, 0.4) is 0 Å². The van der Waals surface area contributed by atoms with Crippen molar-refractivity contribution in [3.05, 3.63) is 64.1 Å². The maximum atomic E-state index is 13.1. The van der Waals surface area contributed by atoms with Crippen LogP contribution in [0.4, 0.5) is 0 Å². The Labute approximate surface area is 183 Å². The largest absolute Gasteiger partial charge is 0.342 e. The van der Waals surface area contributed by atoms with E-state index >= 15 is 0 Å². The zero-order valence-corrected chi connectivity index (χ0v) is 18.1. The molecule has 4 atom stereocenters. The van der Waals surface area contributed by atoms with Crippen molar-refractivity contribution in [1.82, 2.24) is 20.0 Å². The van der Waals surface area contributed by atoms with E-state index in [2.05, 4.69) is 50.3 Å². The van der Waals surface area contributed by atoms with Gasteiger partial charge < -0.3 is 4.90 Å². The first-order chi connectivity index (χ1) is 15.2. The molecular formula is C25H32N4O2. The van der Waals surface area contributed by atoms with Gasteiger partial charge in [-0.1, -0.05) is 36.8 Å². The Morgan fingerprint density at radius 3 is 2.71 bits per heavy atom. The number of amides is 1. The molecule has 3 aliphatic heterocycles. The molecule has 6 nitrogen and oxygen atoms in total. The number of nitrogens with one attached hydrogen (secondary N) is 1. The lowest BCUT2D eigenvalue weighted by Crippen LogP contribution is -2.64. The minimum Gasteiger partial charge on any atom is -0.342 e. The van der Waals surface area contributed by atoms with Gasteiger partial charge >= 0.3 is 0 Å². The van der Waals surface area contributed by atoms with Gasteiger partial charge in [-0.3, -0.25) is 14.5 Å². The molecule has 3 aliphatic rings. The predicted molar refractivity (Wildman–Crippen MR) is 120 cm³/mol. The number of aromatic nitrogens is 2. The number of carbonyl (C=O) groups is 1. The Kier molecular flexibility index (Phi) is 5.90. The van der Waals surface area contributed by atoms with Gasteiger partial charge in [0, 0.05) is 44.1 Å². The van der Waals surface area contributed by atoms with Crippen LogP contribution in [0, 0.1) is 11.8 Å². The van der Waals surface area contributed by atoms with E-state index in [0.717, 1.165) is 25.2 Å². The van der Waals surface area contributed by atoms with Crippen LogP contribution < -0.4 is 5.56 Å². The molecule has 2 bridgehead atoms. The summed E-state index contributed by atoms with van der Waals surface area (Å²) in [5.41, 5.74) is 1.97. The van der Waals surface area contributed by atoms with Crippen molar-refractivity contribution >= 4 is 5.91 Å². The average Bonchev–Trinajstić information content (AvgIpc) is 2.82. The van der Waals surface area contributed by atoms with Crippen LogP contribution in [0.15, 0.2) is 47.3 Å². The molecule has 3 saturated heterocycles. The first kappa shape index (κ1) is 20.4. The summed E-state index contributed by atoms with van der Waals surface area (Å²) in [6.45, 7) is 2.98. The molecule has 6 heteroatoms. The van der Waals surface area contributed by atoms with E-state index in [4.69, 9.17) is 0 Å². The highest BCUT2D eigenvalue weighted by Gasteiger charge is 2.47. The number of likely N-dealkylation sites (tertiary alicyclic amines) is 1. The van der Waals surface area contributed by atoms with Gasteiger partial charge in [0.05, 0.1) is 5.69 Å². The maximum Gasteiger partial charge on any atom is 0.264 e. The average molecular weight is 421 g/mol. The van der Waals surface area contributed by atoms with Crippen LogP contribution in [-0.2, 0) is 17.6 Å². The lowest BCUT2D eigenvalue weighted by molar-refractivity contribution is -0.140. The van der Waals surface area contributed by atoms with Gasteiger partial charge in [-0.15, -0.1) is 0 Å². The number of aromatic amines is 1. The van der Waals surface area contributed by atoms with Crippen LogP contribution in [-0.4, -0.2) is 57.6 Å². The first-order valence-corrected chi connectivity index (χ1v) is 11.8. The summed E-state index contributed by atoms with van der Waals surface area (Å²) < 4.78 is 0. The van der Waals surface area contributed by atoms with Crippen LogP contribution in [0.1, 0.15) is 43.4 Å². The molecule has 2 aromatic rings. The quantitative estimate of drug-likeness (QED) is 0.807. The molecule has 0 saturated carbocycles. The molecule has 0 unspecified atom stereocenters. The topological polar surface area (TPSA) is 69.3 Å². The van der Waals surface area contributed by atoms with E-state index in [9.17, 15) is 9.59 Å². The van der Waals surface area contributed by atoms with Crippen molar-refractivity contribution in [2.45, 2.75) is 57.0 Å². The Morgan fingerprint density at radius 2 is 1.90 bits per heavy atom. The van der Waals surface area contributed by atoms with Gasteiger partial charge in [0.2, 0.25) is 5.91 Å². The van der Waals surface area contributed by atoms with Gasteiger partial charge in [-0.05, 0) is 55.7 Å². The van der Waals surface area contributed by atoms with Crippen molar-refractivity contribution in [2.24, 2.45) is 11.8 Å². The molecule has 5 rings (SSSR count). The number of piperidine rings is 3.